The van der Waals surface area contributed by atoms with Crippen LogP contribution in [0.5, 0.6) is 0 Å². The van der Waals surface area contributed by atoms with Crippen molar-refractivity contribution in [3.05, 3.63) is 23.9 Å². The van der Waals surface area contributed by atoms with Crippen LogP contribution in [0.2, 0.25) is 0 Å². The summed E-state index contributed by atoms with van der Waals surface area (Å²) < 4.78 is 1.84. The number of anilines is 1. The van der Waals surface area contributed by atoms with Crippen molar-refractivity contribution < 1.29 is 0 Å². The van der Waals surface area contributed by atoms with Gasteiger partial charge in [0.2, 0.25) is 5.95 Å². The third kappa shape index (κ3) is 2.39. The third-order valence-electron chi connectivity index (χ3n) is 5.24. The van der Waals surface area contributed by atoms with E-state index in [1.54, 1.807) is 0 Å². The molecule has 2 bridgehead atoms. The first-order valence-corrected chi connectivity index (χ1v) is 7.98. The number of aryl methyl sites for hydroxylation is 1. The number of rotatable bonds is 3. The van der Waals surface area contributed by atoms with Gasteiger partial charge >= 0.3 is 0 Å². The summed E-state index contributed by atoms with van der Waals surface area (Å²) in [7, 11) is 2.29. The van der Waals surface area contributed by atoms with Crippen LogP contribution in [0.1, 0.15) is 31.2 Å². The van der Waals surface area contributed by atoms with E-state index in [-0.39, 0.29) is 0 Å². The molecule has 2 aliphatic rings. The Morgan fingerprint density at radius 3 is 2.81 bits per heavy atom. The first-order chi connectivity index (χ1) is 10.2. The van der Waals surface area contributed by atoms with E-state index >= 15 is 0 Å². The molecule has 112 valence electrons. The molecule has 2 atom stereocenters. The SMILES string of the molecule is Cc1ccn2nc(NCC3CC4CCC(C3)N4C)nc2c1. The van der Waals surface area contributed by atoms with E-state index in [1.807, 2.05) is 10.7 Å². The van der Waals surface area contributed by atoms with Gasteiger partial charge in [0, 0.05) is 24.8 Å². The highest BCUT2D eigenvalue weighted by atomic mass is 15.3. The molecule has 0 amide bonds. The zero-order valence-corrected chi connectivity index (χ0v) is 12.8. The van der Waals surface area contributed by atoms with Gasteiger partial charge in [0.1, 0.15) is 0 Å². The summed E-state index contributed by atoms with van der Waals surface area (Å²) >= 11 is 0. The molecule has 2 unspecified atom stereocenters. The second kappa shape index (κ2) is 4.98. The summed E-state index contributed by atoms with van der Waals surface area (Å²) in [5.74, 6) is 1.51. The van der Waals surface area contributed by atoms with E-state index in [1.165, 1.54) is 31.2 Å². The van der Waals surface area contributed by atoms with Gasteiger partial charge in [-0.2, -0.15) is 4.98 Å². The summed E-state index contributed by atoms with van der Waals surface area (Å²) in [5.41, 5.74) is 2.13. The number of pyridine rings is 1. The molecule has 0 aromatic carbocycles. The van der Waals surface area contributed by atoms with Gasteiger partial charge in [0.25, 0.3) is 0 Å². The van der Waals surface area contributed by atoms with E-state index in [0.29, 0.717) is 0 Å². The molecule has 5 nitrogen and oxygen atoms in total. The minimum atomic E-state index is 0.756. The first kappa shape index (κ1) is 13.1. The van der Waals surface area contributed by atoms with Crippen LogP contribution in [-0.4, -0.2) is 45.2 Å². The quantitative estimate of drug-likeness (QED) is 0.940. The third-order valence-corrected chi connectivity index (χ3v) is 5.24. The van der Waals surface area contributed by atoms with Crippen molar-refractivity contribution in [3.63, 3.8) is 0 Å². The average Bonchev–Trinajstić information content (AvgIpc) is 2.93. The molecule has 5 heteroatoms. The van der Waals surface area contributed by atoms with Gasteiger partial charge in [0.15, 0.2) is 5.65 Å². The van der Waals surface area contributed by atoms with Crippen molar-refractivity contribution in [1.82, 2.24) is 19.5 Å². The zero-order chi connectivity index (χ0) is 14.4. The Hall–Kier alpha value is -1.62. The summed E-state index contributed by atoms with van der Waals surface area (Å²) in [6.45, 7) is 3.08. The molecule has 0 saturated carbocycles. The van der Waals surface area contributed by atoms with Crippen molar-refractivity contribution >= 4 is 11.6 Å². The molecule has 4 rings (SSSR count). The van der Waals surface area contributed by atoms with E-state index in [0.717, 1.165) is 36.1 Å². The number of hydrogen-bond donors (Lipinski definition) is 1. The Balaban J connectivity index is 1.42. The largest absolute Gasteiger partial charge is 0.353 e. The molecule has 21 heavy (non-hydrogen) atoms. The monoisotopic (exact) mass is 285 g/mol. The summed E-state index contributed by atoms with van der Waals surface area (Å²) in [5, 5.41) is 7.94. The topological polar surface area (TPSA) is 45.5 Å². The van der Waals surface area contributed by atoms with Crippen molar-refractivity contribution in [2.75, 3.05) is 18.9 Å². The standard InChI is InChI=1S/C16H23N5/c1-11-5-6-21-15(7-11)18-16(19-21)17-10-12-8-13-3-4-14(9-12)20(13)2/h5-7,12-14H,3-4,8-10H2,1-2H3,(H,17,19). The maximum Gasteiger partial charge on any atom is 0.243 e. The van der Waals surface area contributed by atoms with Crippen molar-refractivity contribution in [2.24, 2.45) is 5.92 Å². The number of nitrogens with zero attached hydrogens (tertiary/aromatic N) is 4. The average molecular weight is 285 g/mol. The Morgan fingerprint density at radius 1 is 1.29 bits per heavy atom. The molecular weight excluding hydrogens is 262 g/mol. The molecule has 2 fully saturated rings. The second-order valence-electron chi connectivity index (χ2n) is 6.71. The van der Waals surface area contributed by atoms with Crippen LogP contribution < -0.4 is 5.32 Å². The molecule has 4 heterocycles. The van der Waals surface area contributed by atoms with Gasteiger partial charge in [-0.15, -0.1) is 5.10 Å². The minimum Gasteiger partial charge on any atom is -0.353 e. The molecule has 0 aliphatic carbocycles. The molecule has 2 aromatic heterocycles. The summed E-state index contributed by atoms with van der Waals surface area (Å²) in [4.78, 5) is 7.14. The van der Waals surface area contributed by atoms with E-state index in [4.69, 9.17) is 0 Å². The summed E-state index contributed by atoms with van der Waals surface area (Å²) in [6, 6.07) is 5.72. The molecular formula is C16H23N5. The molecule has 2 aromatic rings. The summed E-state index contributed by atoms with van der Waals surface area (Å²) in [6.07, 6.45) is 7.35. The fraction of sp³-hybridized carbons (Fsp3) is 0.625. The highest BCUT2D eigenvalue weighted by Crippen LogP contribution is 2.37. The molecule has 2 aliphatic heterocycles. The number of piperidine rings is 1. The van der Waals surface area contributed by atoms with Crippen LogP contribution in [-0.2, 0) is 0 Å². The first-order valence-electron chi connectivity index (χ1n) is 7.98. The molecule has 1 N–H and O–H groups in total. The second-order valence-corrected chi connectivity index (χ2v) is 6.71. The van der Waals surface area contributed by atoms with Crippen LogP contribution in [0.3, 0.4) is 0 Å². The lowest BCUT2D eigenvalue weighted by molar-refractivity contribution is 0.139. The van der Waals surface area contributed by atoms with E-state index in [9.17, 15) is 0 Å². The van der Waals surface area contributed by atoms with Crippen molar-refractivity contribution in [1.29, 1.82) is 0 Å². The lowest BCUT2D eigenvalue weighted by Crippen LogP contribution is -2.41. The Labute approximate surface area is 125 Å². The van der Waals surface area contributed by atoms with Crippen LogP contribution in [0.25, 0.3) is 5.65 Å². The minimum absolute atomic E-state index is 0.756. The van der Waals surface area contributed by atoms with Gasteiger partial charge in [0.05, 0.1) is 0 Å². The van der Waals surface area contributed by atoms with Gasteiger partial charge in [-0.3, -0.25) is 0 Å². The van der Waals surface area contributed by atoms with E-state index < -0.39 is 0 Å². The van der Waals surface area contributed by atoms with Crippen LogP contribution in [0, 0.1) is 12.8 Å². The number of aromatic nitrogens is 3. The normalized spacial score (nSPS) is 29.1. The fourth-order valence-corrected chi connectivity index (χ4v) is 3.98. The smallest absolute Gasteiger partial charge is 0.243 e. The molecule has 0 spiro atoms. The highest BCUT2D eigenvalue weighted by molar-refractivity contribution is 5.45. The Morgan fingerprint density at radius 2 is 2.05 bits per heavy atom. The van der Waals surface area contributed by atoms with Crippen molar-refractivity contribution in [3.8, 4) is 0 Å². The fourth-order valence-electron chi connectivity index (χ4n) is 3.98. The lowest BCUT2D eigenvalue weighted by atomic mass is 9.91. The number of nitrogens with one attached hydrogen (secondary N) is 1. The molecule has 0 radical (unpaired) electrons. The lowest BCUT2D eigenvalue weighted by Gasteiger charge is -2.36. The van der Waals surface area contributed by atoms with Crippen LogP contribution >= 0.6 is 0 Å². The van der Waals surface area contributed by atoms with Gasteiger partial charge in [-0.25, -0.2) is 4.52 Å². The van der Waals surface area contributed by atoms with Crippen molar-refractivity contribution in [2.45, 2.75) is 44.7 Å². The predicted molar refractivity (Wildman–Crippen MR) is 83.5 cm³/mol. The number of fused-ring (bicyclic) bond motifs is 3. The van der Waals surface area contributed by atoms with Gasteiger partial charge in [-0.1, -0.05) is 0 Å². The predicted octanol–water partition coefficient (Wildman–Crippen LogP) is 2.32. The maximum atomic E-state index is 4.56. The zero-order valence-electron chi connectivity index (χ0n) is 12.8. The maximum absolute atomic E-state index is 4.56. The Kier molecular flexibility index (Phi) is 3.10. The van der Waals surface area contributed by atoms with Gasteiger partial charge < -0.3 is 10.2 Å². The van der Waals surface area contributed by atoms with Gasteiger partial charge in [-0.05, 0) is 63.3 Å². The molecule has 2 saturated heterocycles. The van der Waals surface area contributed by atoms with E-state index in [2.05, 4.69) is 46.4 Å². The number of hydrogen-bond acceptors (Lipinski definition) is 4. The van der Waals surface area contributed by atoms with Crippen LogP contribution in [0.4, 0.5) is 5.95 Å². The highest BCUT2D eigenvalue weighted by Gasteiger charge is 2.38. The van der Waals surface area contributed by atoms with Crippen LogP contribution in [0.15, 0.2) is 18.3 Å². The Bertz CT molecular complexity index is 635.